The van der Waals surface area contributed by atoms with E-state index in [9.17, 15) is 14.9 Å². The van der Waals surface area contributed by atoms with Gasteiger partial charge in [-0.05, 0) is 35.4 Å². The van der Waals surface area contributed by atoms with Crippen LogP contribution in [-0.2, 0) is 0 Å². The van der Waals surface area contributed by atoms with Crippen molar-refractivity contribution in [2.24, 2.45) is 10.5 Å². The van der Waals surface area contributed by atoms with E-state index in [-0.39, 0.29) is 11.9 Å². The van der Waals surface area contributed by atoms with Gasteiger partial charge in [-0.1, -0.05) is 63.2 Å². The summed E-state index contributed by atoms with van der Waals surface area (Å²) in [6.07, 6.45) is 2.43. The number of guanidine groups is 1. The summed E-state index contributed by atoms with van der Waals surface area (Å²) < 4.78 is 0. The van der Waals surface area contributed by atoms with Crippen LogP contribution < -0.4 is 16.0 Å². The Morgan fingerprint density at radius 3 is 2.21 bits per heavy atom. The van der Waals surface area contributed by atoms with Crippen LogP contribution in [0.15, 0.2) is 84.2 Å². The Morgan fingerprint density at radius 2 is 1.64 bits per heavy atom. The van der Waals surface area contributed by atoms with Gasteiger partial charge in [-0.25, -0.2) is 10.1 Å². The van der Waals surface area contributed by atoms with Crippen molar-refractivity contribution < 1.29 is 9.83 Å². The molecule has 0 spiro atoms. The largest absolute Gasteiger partial charge is 0.331 e. The van der Waals surface area contributed by atoms with Gasteiger partial charge in [0.2, 0.25) is 0 Å². The quantitative estimate of drug-likeness (QED) is 0.172. The minimum Gasteiger partial charge on any atom is -0.331 e. The molecule has 0 aliphatic rings. The number of amides is 1. The summed E-state index contributed by atoms with van der Waals surface area (Å²) in [6.45, 7) is 5.70. The highest BCUT2D eigenvalue weighted by atomic mass is 16.7. The van der Waals surface area contributed by atoms with Gasteiger partial charge in [0.1, 0.15) is 11.3 Å². The van der Waals surface area contributed by atoms with E-state index in [4.69, 9.17) is 0 Å². The van der Waals surface area contributed by atoms with Gasteiger partial charge < -0.3 is 16.0 Å². The van der Waals surface area contributed by atoms with E-state index in [0.29, 0.717) is 11.3 Å². The first-order chi connectivity index (χ1) is 15.7. The first-order valence-electron chi connectivity index (χ1n) is 10.4. The lowest BCUT2D eigenvalue weighted by molar-refractivity contribution is -0.485. The number of anilines is 1. The summed E-state index contributed by atoms with van der Waals surface area (Å²) in [7, 11) is 0. The lowest BCUT2D eigenvalue weighted by Crippen LogP contribution is -2.56. The molecule has 9 nitrogen and oxygen atoms in total. The number of pyridine rings is 1. The molecular formula is C24H26N6O3. The monoisotopic (exact) mass is 446 g/mol. The maximum absolute atomic E-state index is 13.0. The van der Waals surface area contributed by atoms with E-state index in [2.05, 4.69) is 26.0 Å². The summed E-state index contributed by atoms with van der Waals surface area (Å²) in [5.74, 6) is -0.434. The van der Waals surface area contributed by atoms with Gasteiger partial charge >= 0.3 is 0 Å². The van der Waals surface area contributed by atoms with E-state index in [1.54, 1.807) is 30.5 Å². The molecular weight excluding hydrogens is 420 g/mol. The zero-order valence-electron chi connectivity index (χ0n) is 18.6. The van der Waals surface area contributed by atoms with Crippen molar-refractivity contribution in [3.63, 3.8) is 0 Å². The lowest BCUT2D eigenvalue weighted by atomic mass is 9.92. The molecule has 1 aromatic heterocycles. The average Bonchev–Trinajstić information content (AvgIpc) is 2.79. The molecule has 0 radical (unpaired) electrons. The molecule has 1 heterocycles. The van der Waals surface area contributed by atoms with E-state index in [1.807, 2.05) is 63.2 Å². The Labute approximate surface area is 192 Å². The second-order valence-electron chi connectivity index (χ2n) is 8.41. The number of carbonyl (C=O) groups excluding carboxylic acids is 1. The van der Waals surface area contributed by atoms with Gasteiger partial charge in [-0.15, -0.1) is 0 Å². The van der Waals surface area contributed by atoms with E-state index < -0.39 is 16.6 Å². The van der Waals surface area contributed by atoms with Gasteiger partial charge in [-0.2, -0.15) is 0 Å². The second kappa shape index (κ2) is 10.4. The normalized spacial score (nSPS) is 12.5. The highest BCUT2D eigenvalue weighted by molar-refractivity contribution is 5.96. The zero-order chi connectivity index (χ0) is 23.8. The number of nitro groups is 1. The van der Waals surface area contributed by atoms with Crippen LogP contribution >= 0.6 is 0 Å². The summed E-state index contributed by atoms with van der Waals surface area (Å²) in [5, 5.41) is 22.3. The third kappa shape index (κ3) is 6.86. The third-order valence-electron chi connectivity index (χ3n) is 4.78. The number of hydrogen-bond acceptors (Lipinski definition) is 4. The Morgan fingerprint density at radius 1 is 0.970 bits per heavy atom. The Bertz CT molecular complexity index is 1110. The molecule has 3 N–H and O–H groups in total. The number of carbonyl (C=O) groups is 1. The minimum absolute atomic E-state index is 0.118. The Kier molecular flexibility index (Phi) is 7.34. The molecule has 0 aliphatic heterocycles. The van der Waals surface area contributed by atoms with Crippen molar-refractivity contribution in [1.29, 1.82) is 0 Å². The molecule has 9 heteroatoms. The molecule has 0 fully saturated rings. The average molecular weight is 447 g/mol. The maximum Gasteiger partial charge on any atom is 0.274 e. The first kappa shape index (κ1) is 23.4. The molecule has 170 valence electrons. The molecule has 0 saturated carbocycles. The van der Waals surface area contributed by atoms with Gasteiger partial charge in [-0.3, -0.25) is 9.78 Å². The van der Waals surface area contributed by atoms with Crippen molar-refractivity contribution in [3.05, 3.63) is 94.8 Å². The highest BCUT2D eigenvalue weighted by Gasteiger charge is 2.28. The highest BCUT2D eigenvalue weighted by Crippen LogP contribution is 2.21. The SMILES string of the molecule is CC(C)(C)C(NC(=O)c1ccc(-c2ccccc2)cc1)NC(=N[N+](=O)[O-])Nc1cccnc1. The summed E-state index contributed by atoms with van der Waals surface area (Å²) in [5.41, 5.74) is 2.55. The lowest BCUT2D eigenvalue weighted by Gasteiger charge is -2.32. The van der Waals surface area contributed by atoms with Gasteiger partial charge in [0.15, 0.2) is 5.03 Å². The van der Waals surface area contributed by atoms with Crippen LogP contribution in [0.25, 0.3) is 11.1 Å². The van der Waals surface area contributed by atoms with Crippen LogP contribution in [0.1, 0.15) is 31.1 Å². The number of nitrogens with zero attached hydrogens (tertiary/aromatic N) is 3. The fourth-order valence-corrected chi connectivity index (χ4v) is 3.01. The molecule has 1 amide bonds. The topological polar surface area (TPSA) is 122 Å². The molecule has 2 aromatic carbocycles. The molecule has 0 aliphatic carbocycles. The van der Waals surface area contributed by atoms with Gasteiger partial charge in [0.05, 0.1) is 11.9 Å². The van der Waals surface area contributed by atoms with Crippen LogP contribution in [-0.4, -0.2) is 28.0 Å². The summed E-state index contributed by atoms with van der Waals surface area (Å²) in [6, 6.07) is 20.5. The van der Waals surface area contributed by atoms with Crippen LogP contribution in [0.4, 0.5) is 5.69 Å². The predicted molar refractivity (Wildman–Crippen MR) is 128 cm³/mol. The van der Waals surface area contributed by atoms with Crippen LogP contribution in [0, 0.1) is 15.5 Å². The number of benzene rings is 2. The van der Waals surface area contributed by atoms with E-state index in [1.165, 1.54) is 6.20 Å². The number of hydrazone groups is 1. The van der Waals surface area contributed by atoms with Gasteiger partial charge in [0, 0.05) is 17.2 Å². The zero-order valence-corrected chi connectivity index (χ0v) is 18.6. The van der Waals surface area contributed by atoms with Gasteiger partial charge in [0.25, 0.3) is 11.9 Å². The molecule has 0 bridgehead atoms. The molecule has 3 aromatic rings. The summed E-state index contributed by atoms with van der Waals surface area (Å²) >= 11 is 0. The van der Waals surface area contributed by atoms with Crippen LogP contribution in [0.2, 0.25) is 0 Å². The predicted octanol–water partition coefficient (Wildman–Crippen LogP) is 4.10. The summed E-state index contributed by atoms with van der Waals surface area (Å²) in [4.78, 5) is 28.0. The Hall–Kier alpha value is -4.27. The second-order valence-corrected chi connectivity index (χ2v) is 8.41. The Balaban J connectivity index is 1.76. The molecule has 33 heavy (non-hydrogen) atoms. The fraction of sp³-hybridized carbons (Fsp3) is 0.208. The minimum atomic E-state index is -0.810. The van der Waals surface area contributed by atoms with Crippen molar-refractivity contribution in [2.75, 3.05) is 5.32 Å². The molecule has 1 unspecified atom stereocenters. The van der Waals surface area contributed by atoms with E-state index >= 15 is 0 Å². The standard InChI is InChI=1S/C24H26N6O3/c1-24(2,3)22(28-23(29-30(32)33)26-20-10-7-15-25-16-20)27-21(31)19-13-11-18(12-14-19)17-8-5-4-6-9-17/h4-16,22H,1-3H3,(H,27,31)(H2,26,28,29). The number of hydrogen-bond donors (Lipinski definition) is 3. The number of rotatable bonds is 6. The van der Waals surface area contributed by atoms with Crippen molar-refractivity contribution >= 4 is 17.6 Å². The van der Waals surface area contributed by atoms with Crippen LogP contribution in [0.5, 0.6) is 0 Å². The number of aromatic nitrogens is 1. The van der Waals surface area contributed by atoms with Crippen molar-refractivity contribution in [3.8, 4) is 11.1 Å². The molecule has 1 atom stereocenters. The first-order valence-corrected chi connectivity index (χ1v) is 10.4. The molecule has 3 rings (SSSR count). The number of nitrogens with one attached hydrogen (secondary N) is 3. The maximum atomic E-state index is 13.0. The smallest absolute Gasteiger partial charge is 0.274 e. The van der Waals surface area contributed by atoms with E-state index in [0.717, 1.165) is 11.1 Å². The van der Waals surface area contributed by atoms with Crippen molar-refractivity contribution in [1.82, 2.24) is 15.6 Å². The van der Waals surface area contributed by atoms with Crippen molar-refractivity contribution in [2.45, 2.75) is 26.9 Å². The van der Waals surface area contributed by atoms with Crippen LogP contribution in [0.3, 0.4) is 0 Å². The third-order valence-corrected chi connectivity index (χ3v) is 4.78. The fourth-order valence-electron chi connectivity index (χ4n) is 3.01. The molecule has 0 saturated heterocycles.